The van der Waals surface area contributed by atoms with Crippen LogP contribution >= 0.6 is 0 Å². The second-order valence-electron chi connectivity index (χ2n) is 11.0. The van der Waals surface area contributed by atoms with E-state index in [0.717, 1.165) is 34.1 Å². The average Bonchev–Trinajstić information content (AvgIpc) is 3.62. The zero-order valence-electron chi connectivity index (χ0n) is 24.7. The zero-order chi connectivity index (χ0) is 31.2. The van der Waals surface area contributed by atoms with Crippen molar-refractivity contribution >= 4 is 23.1 Å². The van der Waals surface area contributed by atoms with Gasteiger partial charge in [0.05, 0.1) is 17.8 Å². The summed E-state index contributed by atoms with van der Waals surface area (Å²) in [5.74, 6) is -2.10. The van der Waals surface area contributed by atoms with Gasteiger partial charge in [0.1, 0.15) is 5.76 Å². The van der Waals surface area contributed by atoms with Crippen molar-refractivity contribution in [1.82, 2.24) is 19.2 Å². The summed E-state index contributed by atoms with van der Waals surface area (Å²) >= 11 is 0. The van der Waals surface area contributed by atoms with Crippen molar-refractivity contribution in [2.75, 3.05) is 31.1 Å². The molecule has 226 valence electrons. The first kappa shape index (κ1) is 29.4. The molecule has 0 saturated carbocycles. The van der Waals surface area contributed by atoms with Crippen LogP contribution in [0.3, 0.4) is 0 Å². The van der Waals surface area contributed by atoms with E-state index in [-0.39, 0.29) is 5.56 Å². The Balaban J connectivity index is 1.16. The maximum Gasteiger partial charge on any atom is 0.294 e. The third kappa shape index (κ3) is 6.94. The summed E-state index contributed by atoms with van der Waals surface area (Å²) in [5, 5.41) is 15.3. The van der Waals surface area contributed by atoms with Crippen molar-refractivity contribution in [2.45, 2.75) is 13.0 Å². The Morgan fingerprint density at radius 3 is 2.07 bits per heavy atom. The minimum atomic E-state index is -0.869. The SMILES string of the molecule is O=C(C=C(O)c1cc(Cc2ccccc2)cn(Cc2ccccc2)c1=O)C(=O)N1CCN(c2ccc(-n3cccn3)cc2)CC1. The zero-order valence-corrected chi connectivity index (χ0v) is 24.7. The van der Waals surface area contributed by atoms with Gasteiger partial charge in [0.15, 0.2) is 0 Å². The van der Waals surface area contributed by atoms with Gasteiger partial charge in [-0.25, -0.2) is 4.68 Å². The van der Waals surface area contributed by atoms with Gasteiger partial charge < -0.3 is 19.5 Å². The summed E-state index contributed by atoms with van der Waals surface area (Å²) in [7, 11) is 0. The van der Waals surface area contributed by atoms with Gasteiger partial charge in [-0.1, -0.05) is 60.7 Å². The van der Waals surface area contributed by atoms with Crippen LogP contribution in [0.25, 0.3) is 11.4 Å². The molecule has 6 rings (SSSR count). The molecule has 1 fully saturated rings. The number of piperazine rings is 1. The third-order valence-electron chi connectivity index (χ3n) is 7.89. The number of rotatable bonds is 9. The number of pyridine rings is 1. The summed E-state index contributed by atoms with van der Waals surface area (Å²) in [5.41, 5.74) is 4.25. The summed E-state index contributed by atoms with van der Waals surface area (Å²) < 4.78 is 3.31. The van der Waals surface area contributed by atoms with E-state index >= 15 is 0 Å². The van der Waals surface area contributed by atoms with Crippen molar-refractivity contribution in [2.24, 2.45) is 0 Å². The van der Waals surface area contributed by atoms with Crippen LogP contribution in [0, 0.1) is 0 Å². The van der Waals surface area contributed by atoms with Gasteiger partial charge >= 0.3 is 0 Å². The fourth-order valence-corrected chi connectivity index (χ4v) is 5.53. The lowest BCUT2D eigenvalue weighted by Gasteiger charge is -2.35. The molecule has 0 unspecified atom stereocenters. The standard InChI is InChI=1S/C36H33N5O4/c42-33(32-23-29(22-27-8-3-1-4-9-27)26-40(35(32)44)25-28-10-5-2-6-11-28)24-34(43)36(45)39-20-18-38(19-21-39)30-12-14-31(15-13-30)41-17-7-16-37-41/h1-17,23-24,26,42H,18-22,25H2. The van der Waals surface area contributed by atoms with Crippen LogP contribution in [0.15, 0.2) is 127 Å². The number of amides is 1. The van der Waals surface area contributed by atoms with Crippen molar-refractivity contribution in [3.63, 3.8) is 0 Å². The molecule has 1 aliphatic rings. The van der Waals surface area contributed by atoms with E-state index in [2.05, 4.69) is 10.00 Å². The van der Waals surface area contributed by atoms with Crippen LogP contribution in [0.4, 0.5) is 5.69 Å². The van der Waals surface area contributed by atoms with Gasteiger partial charge in [0.25, 0.3) is 11.5 Å². The summed E-state index contributed by atoms with van der Waals surface area (Å²) in [6.45, 7) is 2.13. The van der Waals surface area contributed by atoms with E-state index in [9.17, 15) is 19.5 Å². The van der Waals surface area contributed by atoms with Gasteiger partial charge in [0, 0.05) is 56.5 Å². The molecule has 0 radical (unpaired) electrons. The summed E-state index contributed by atoms with van der Waals surface area (Å²) in [4.78, 5) is 43.2. The Bertz CT molecular complexity index is 1860. The smallest absolute Gasteiger partial charge is 0.294 e. The quantitative estimate of drug-likeness (QED) is 0.152. The van der Waals surface area contributed by atoms with E-state index in [4.69, 9.17) is 0 Å². The number of anilines is 1. The van der Waals surface area contributed by atoms with Gasteiger partial charge in [-0.15, -0.1) is 0 Å². The fourth-order valence-electron chi connectivity index (χ4n) is 5.53. The van der Waals surface area contributed by atoms with Crippen molar-refractivity contribution in [1.29, 1.82) is 0 Å². The Morgan fingerprint density at radius 1 is 0.778 bits per heavy atom. The van der Waals surface area contributed by atoms with Crippen LogP contribution in [0.5, 0.6) is 0 Å². The second-order valence-corrected chi connectivity index (χ2v) is 11.0. The summed E-state index contributed by atoms with van der Waals surface area (Å²) in [6, 6.07) is 30.8. The molecule has 0 bridgehead atoms. The number of aromatic nitrogens is 3. The third-order valence-corrected chi connectivity index (χ3v) is 7.89. The molecule has 3 aromatic carbocycles. The van der Waals surface area contributed by atoms with Gasteiger partial charge in [-0.3, -0.25) is 14.4 Å². The predicted molar refractivity (Wildman–Crippen MR) is 173 cm³/mol. The molecule has 5 aromatic rings. The van der Waals surface area contributed by atoms with Gasteiger partial charge in [0.2, 0.25) is 5.78 Å². The van der Waals surface area contributed by atoms with Crippen molar-refractivity contribution in [3.05, 3.63) is 154 Å². The molecule has 0 aliphatic carbocycles. The maximum absolute atomic E-state index is 13.5. The van der Waals surface area contributed by atoms with E-state index in [1.807, 2.05) is 97.2 Å². The molecule has 9 heteroatoms. The molecular formula is C36H33N5O4. The average molecular weight is 600 g/mol. The number of carbonyl (C=O) groups is 2. The molecule has 0 spiro atoms. The first-order chi connectivity index (χ1) is 21.9. The molecule has 1 amide bonds. The molecule has 9 nitrogen and oxygen atoms in total. The number of aliphatic hydroxyl groups excluding tert-OH is 1. The number of carbonyl (C=O) groups excluding carboxylic acids is 2. The fraction of sp³-hybridized carbons (Fsp3) is 0.167. The normalized spacial score (nSPS) is 13.6. The largest absolute Gasteiger partial charge is 0.507 e. The lowest BCUT2D eigenvalue weighted by atomic mass is 10.0. The molecule has 2 aromatic heterocycles. The van der Waals surface area contributed by atoms with Crippen LogP contribution in [-0.2, 0) is 22.6 Å². The lowest BCUT2D eigenvalue weighted by molar-refractivity contribution is -0.142. The van der Waals surface area contributed by atoms with Crippen molar-refractivity contribution < 1.29 is 14.7 Å². The van der Waals surface area contributed by atoms with Crippen molar-refractivity contribution in [3.8, 4) is 5.69 Å². The van der Waals surface area contributed by atoms with E-state index in [0.29, 0.717) is 39.1 Å². The number of hydrogen-bond acceptors (Lipinski definition) is 6. The van der Waals surface area contributed by atoms with Crippen LogP contribution in [-0.4, -0.2) is 62.2 Å². The van der Waals surface area contributed by atoms with E-state index < -0.39 is 23.0 Å². The van der Waals surface area contributed by atoms with Gasteiger partial charge in [-0.05, 0) is 59.5 Å². The maximum atomic E-state index is 13.5. The van der Waals surface area contributed by atoms with E-state index in [1.54, 1.807) is 23.1 Å². The Morgan fingerprint density at radius 2 is 1.42 bits per heavy atom. The van der Waals surface area contributed by atoms with E-state index in [1.165, 1.54) is 9.47 Å². The topological polar surface area (TPSA) is 101 Å². The Labute approximate surface area is 260 Å². The van der Waals surface area contributed by atoms with Crippen LogP contribution < -0.4 is 10.5 Å². The molecular weight excluding hydrogens is 566 g/mol. The molecule has 1 saturated heterocycles. The monoisotopic (exact) mass is 599 g/mol. The highest BCUT2D eigenvalue weighted by Gasteiger charge is 2.26. The highest BCUT2D eigenvalue weighted by atomic mass is 16.3. The van der Waals surface area contributed by atoms with Gasteiger partial charge in [-0.2, -0.15) is 5.10 Å². The number of aliphatic hydroxyl groups is 1. The molecule has 1 aliphatic heterocycles. The predicted octanol–water partition coefficient (Wildman–Crippen LogP) is 4.49. The first-order valence-corrected chi connectivity index (χ1v) is 14.8. The highest BCUT2D eigenvalue weighted by molar-refractivity contribution is 6.41. The molecule has 45 heavy (non-hydrogen) atoms. The number of hydrogen-bond donors (Lipinski definition) is 1. The Hall–Kier alpha value is -5.70. The summed E-state index contributed by atoms with van der Waals surface area (Å²) in [6.07, 6.45) is 6.78. The van der Waals surface area contributed by atoms with Crippen LogP contribution in [0.2, 0.25) is 0 Å². The minimum absolute atomic E-state index is 0.0242. The molecule has 0 atom stereocenters. The first-order valence-electron chi connectivity index (χ1n) is 14.8. The lowest BCUT2D eigenvalue weighted by Crippen LogP contribution is -2.50. The highest BCUT2D eigenvalue weighted by Crippen LogP contribution is 2.20. The number of benzene rings is 3. The molecule has 1 N–H and O–H groups in total. The number of nitrogens with zero attached hydrogens (tertiary/aromatic N) is 5. The Kier molecular flexibility index (Phi) is 8.68. The molecule has 3 heterocycles. The minimum Gasteiger partial charge on any atom is -0.507 e. The second kappa shape index (κ2) is 13.3. The number of ketones is 1. The van der Waals surface area contributed by atoms with Crippen LogP contribution in [0.1, 0.15) is 22.3 Å².